The van der Waals surface area contributed by atoms with Crippen molar-refractivity contribution in [1.29, 1.82) is 5.26 Å². The van der Waals surface area contributed by atoms with Gasteiger partial charge >= 0.3 is 6.18 Å². The van der Waals surface area contributed by atoms with Crippen LogP contribution in [-0.2, 0) is 11.0 Å². The summed E-state index contributed by atoms with van der Waals surface area (Å²) in [6.07, 6.45) is -1.25. The van der Waals surface area contributed by atoms with Gasteiger partial charge in [-0.15, -0.1) is 0 Å². The molecule has 1 saturated carbocycles. The number of hydrogen-bond donors (Lipinski definition) is 1. The van der Waals surface area contributed by atoms with Crippen LogP contribution in [0.3, 0.4) is 0 Å². The fraction of sp³-hybridized carbons (Fsp3) is 0.467. The van der Waals surface area contributed by atoms with Crippen LogP contribution in [0.5, 0.6) is 0 Å². The Morgan fingerprint density at radius 1 is 1.33 bits per heavy atom. The molecule has 1 aliphatic carbocycles. The normalized spacial score (nSPS) is 17.3. The highest BCUT2D eigenvalue weighted by Crippen LogP contribution is 2.39. The average Bonchev–Trinajstić information content (AvgIpc) is 2.86. The second kappa shape index (κ2) is 5.40. The SMILES string of the molecule is CC1(C(=O)Nc2ccc(C#N)c(C(F)(F)F)c2)CCCC1. The molecule has 0 heterocycles. The van der Waals surface area contributed by atoms with Crippen molar-refractivity contribution in [3.8, 4) is 6.07 Å². The summed E-state index contributed by atoms with van der Waals surface area (Å²) in [6, 6.07) is 4.73. The minimum atomic E-state index is -4.62. The Morgan fingerprint density at radius 2 is 1.95 bits per heavy atom. The number of carbonyl (C=O) groups excluding carboxylic acids is 1. The second-order valence-electron chi connectivity index (χ2n) is 5.59. The molecule has 0 atom stereocenters. The van der Waals surface area contributed by atoms with Gasteiger partial charge in [0.1, 0.15) is 0 Å². The number of hydrogen-bond acceptors (Lipinski definition) is 2. The van der Waals surface area contributed by atoms with Gasteiger partial charge in [-0.2, -0.15) is 18.4 Å². The lowest BCUT2D eigenvalue weighted by Crippen LogP contribution is -2.30. The smallest absolute Gasteiger partial charge is 0.326 e. The molecule has 21 heavy (non-hydrogen) atoms. The molecule has 1 fully saturated rings. The molecular formula is C15H15F3N2O. The Labute approximate surface area is 120 Å². The third kappa shape index (κ3) is 3.18. The Morgan fingerprint density at radius 3 is 2.48 bits per heavy atom. The summed E-state index contributed by atoms with van der Waals surface area (Å²) >= 11 is 0. The Balaban J connectivity index is 2.26. The minimum Gasteiger partial charge on any atom is -0.326 e. The molecule has 0 aliphatic heterocycles. The lowest BCUT2D eigenvalue weighted by atomic mass is 9.87. The van der Waals surface area contributed by atoms with E-state index in [0.717, 1.165) is 37.8 Å². The summed E-state index contributed by atoms with van der Waals surface area (Å²) < 4.78 is 38.6. The van der Waals surface area contributed by atoms with Crippen molar-refractivity contribution in [1.82, 2.24) is 0 Å². The van der Waals surface area contributed by atoms with Crippen molar-refractivity contribution in [3.05, 3.63) is 29.3 Å². The van der Waals surface area contributed by atoms with Gasteiger partial charge < -0.3 is 5.32 Å². The number of amides is 1. The molecule has 6 heteroatoms. The third-order valence-electron chi connectivity index (χ3n) is 3.96. The van der Waals surface area contributed by atoms with E-state index >= 15 is 0 Å². The van der Waals surface area contributed by atoms with Crippen LogP contribution >= 0.6 is 0 Å². The molecule has 2 rings (SSSR count). The summed E-state index contributed by atoms with van der Waals surface area (Å²) in [4.78, 5) is 12.2. The fourth-order valence-corrected chi connectivity index (χ4v) is 2.62. The van der Waals surface area contributed by atoms with Gasteiger partial charge in [-0.1, -0.05) is 19.8 Å². The molecule has 0 unspecified atom stereocenters. The standard InChI is InChI=1S/C15H15F3N2O/c1-14(6-2-3-7-14)13(21)20-11-5-4-10(9-19)12(8-11)15(16,17)18/h4-5,8H,2-3,6-7H2,1H3,(H,20,21). The van der Waals surface area contributed by atoms with Gasteiger partial charge in [-0.25, -0.2) is 0 Å². The first kappa shape index (κ1) is 15.4. The molecule has 1 amide bonds. The molecule has 1 aliphatic rings. The number of carbonyl (C=O) groups is 1. The van der Waals surface area contributed by atoms with Crippen LogP contribution in [0.2, 0.25) is 0 Å². The zero-order chi connectivity index (χ0) is 15.7. The number of nitrogens with one attached hydrogen (secondary N) is 1. The van der Waals surface area contributed by atoms with E-state index in [1.165, 1.54) is 12.1 Å². The van der Waals surface area contributed by atoms with Crippen molar-refractivity contribution < 1.29 is 18.0 Å². The first-order valence-corrected chi connectivity index (χ1v) is 6.69. The summed E-state index contributed by atoms with van der Waals surface area (Å²) in [6.45, 7) is 1.82. The lowest BCUT2D eigenvalue weighted by Gasteiger charge is -2.22. The van der Waals surface area contributed by atoms with Crippen LogP contribution in [0.15, 0.2) is 18.2 Å². The van der Waals surface area contributed by atoms with Gasteiger partial charge in [-0.3, -0.25) is 4.79 Å². The van der Waals surface area contributed by atoms with Crippen LogP contribution < -0.4 is 5.32 Å². The molecule has 0 saturated heterocycles. The highest BCUT2D eigenvalue weighted by molar-refractivity contribution is 5.95. The Hall–Kier alpha value is -2.03. The van der Waals surface area contributed by atoms with E-state index < -0.39 is 22.7 Å². The van der Waals surface area contributed by atoms with Gasteiger partial charge in [0.2, 0.25) is 5.91 Å². The van der Waals surface area contributed by atoms with Crippen molar-refractivity contribution >= 4 is 11.6 Å². The van der Waals surface area contributed by atoms with E-state index in [4.69, 9.17) is 5.26 Å². The lowest BCUT2D eigenvalue weighted by molar-refractivity contribution is -0.137. The van der Waals surface area contributed by atoms with Gasteiger partial charge in [0, 0.05) is 11.1 Å². The molecule has 0 bridgehead atoms. The van der Waals surface area contributed by atoms with Crippen LogP contribution in [0, 0.1) is 16.7 Å². The van der Waals surface area contributed by atoms with Crippen molar-refractivity contribution in [2.75, 3.05) is 5.32 Å². The quantitative estimate of drug-likeness (QED) is 0.893. The first-order valence-electron chi connectivity index (χ1n) is 6.69. The number of halogens is 3. The van der Waals surface area contributed by atoms with Gasteiger partial charge in [0.25, 0.3) is 0 Å². The van der Waals surface area contributed by atoms with E-state index in [0.29, 0.717) is 0 Å². The molecule has 1 aromatic carbocycles. The molecule has 0 spiro atoms. The van der Waals surface area contributed by atoms with E-state index in [2.05, 4.69) is 5.32 Å². The molecular weight excluding hydrogens is 281 g/mol. The zero-order valence-corrected chi connectivity index (χ0v) is 11.5. The molecule has 3 nitrogen and oxygen atoms in total. The number of alkyl halides is 3. The molecule has 1 N–H and O–H groups in total. The number of benzene rings is 1. The molecule has 1 aromatic rings. The van der Waals surface area contributed by atoms with Crippen LogP contribution in [0.25, 0.3) is 0 Å². The largest absolute Gasteiger partial charge is 0.417 e. The monoisotopic (exact) mass is 296 g/mol. The maximum absolute atomic E-state index is 12.9. The Kier molecular flexibility index (Phi) is 3.95. The van der Waals surface area contributed by atoms with E-state index in [1.807, 2.05) is 6.92 Å². The molecule has 0 aromatic heterocycles. The number of nitrogens with zero attached hydrogens (tertiary/aromatic N) is 1. The van der Waals surface area contributed by atoms with Crippen molar-refractivity contribution in [2.24, 2.45) is 5.41 Å². The van der Waals surface area contributed by atoms with Crippen LogP contribution in [0.4, 0.5) is 18.9 Å². The fourth-order valence-electron chi connectivity index (χ4n) is 2.62. The minimum absolute atomic E-state index is 0.0689. The predicted molar refractivity (Wildman–Crippen MR) is 71.4 cm³/mol. The van der Waals surface area contributed by atoms with E-state index in [9.17, 15) is 18.0 Å². The van der Waals surface area contributed by atoms with Crippen molar-refractivity contribution in [2.45, 2.75) is 38.8 Å². The maximum atomic E-state index is 12.9. The summed E-state index contributed by atoms with van der Waals surface area (Å²) in [5.41, 5.74) is -1.93. The van der Waals surface area contributed by atoms with Crippen LogP contribution in [0.1, 0.15) is 43.7 Å². The second-order valence-corrected chi connectivity index (χ2v) is 5.59. The summed E-state index contributed by atoms with van der Waals surface area (Å²) in [5.74, 6) is -0.266. The number of nitriles is 1. The van der Waals surface area contributed by atoms with Crippen molar-refractivity contribution in [3.63, 3.8) is 0 Å². The zero-order valence-electron chi connectivity index (χ0n) is 11.5. The summed E-state index contributed by atoms with van der Waals surface area (Å²) in [7, 11) is 0. The molecule has 112 valence electrons. The molecule has 0 radical (unpaired) electrons. The van der Waals surface area contributed by atoms with E-state index in [1.54, 1.807) is 0 Å². The number of anilines is 1. The van der Waals surface area contributed by atoms with Crippen LogP contribution in [-0.4, -0.2) is 5.91 Å². The highest BCUT2D eigenvalue weighted by Gasteiger charge is 2.37. The van der Waals surface area contributed by atoms with E-state index in [-0.39, 0.29) is 11.6 Å². The first-order chi connectivity index (χ1) is 9.76. The highest BCUT2D eigenvalue weighted by atomic mass is 19.4. The maximum Gasteiger partial charge on any atom is 0.417 e. The van der Waals surface area contributed by atoms with Gasteiger partial charge in [0.05, 0.1) is 17.2 Å². The Bertz CT molecular complexity index is 596. The summed E-state index contributed by atoms with van der Waals surface area (Å²) in [5, 5.41) is 11.3. The number of rotatable bonds is 2. The topological polar surface area (TPSA) is 52.9 Å². The van der Waals surface area contributed by atoms with Gasteiger partial charge in [-0.05, 0) is 31.0 Å². The average molecular weight is 296 g/mol. The predicted octanol–water partition coefficient (Wildman–Crippen LogP) is 4.10. The third-order valence-corrected chi connectivity index (χ3v) is 3.96. The van der Waals surface area contributed by atoms with Gasteiger partial charge in [0.15, 0.2) is 0 Å².